The number of aromatic nitrogens is 2. The van der Waals surface area contributed by atoms with E-state index in [2.05, 4.69) is 44.6 Å². The monoisotopic (exact) mass is 291 g/mol. The normalized spacial score (nSPS) is 10.7. The van der Waals surface area contributed by atoms with E-state index in [0.717, 1.165) is 24.2 Å². The molecular formula is C10H15BrClN3. The summed E-state index contributed by atoms with van der Waals surface area (Å²) >= 11 is 9.17. The first-order chi connectivity index (χ1) is 7.15. The second-order valence-electron chi connectivity index (χ2n) is 3.53. The van der Waals surface area contributed by atoms with Crippen LogP contribution in [0.3, 0.4) is 0 Å². The number of anilines is 1. The molecule has 0 aliphatic rings. The molecule has 0 aromatic carbocycles. The number of halogens is 2. The molecular weight excluding hydrogens is 277 g/mol. The van der Waals surface area contributed by atoms with Gasteiger partial charge in [-0.1, -0.05) is 27.5 Å². The summed E-state index contributed by atoms with van der Waals surface area (Å²) in [4.78, 5) is 10.6. The molecule has 84 valence electrons. The molecule has 0 unspecified atom stereocenters. The van der Waals surface area contributed by atoms with E-state index in [0.29, 0.717) is 11.1 Å². The lowest BCUT2D eigenvalue weighted by Gasteiger charge is -2.26. The van der Waals surface area contributed by atoms with E-state index in [4.69, 9.17) is 11.6 Å². The highest BCUT2D eigenvalue weighted by molar-refractivity contribution is 9.09. The summed E-state index contributed by atoms with van der Waals surface area (Å²) in [6.07, 6.45) is 4.34. The summed E-state index contributed by atoms with van der Waals surface area (Å²) in [7, 11) is 0. The highest BCUT2D eigenvalue weighted by Gasteiger charge is 2.12. The number of nitrogens with zero attached hydrogens (tertiary/aromatic N) is 3. The molecule has 0 radical (unpaired) electrons. The predicted octanol–water partition coefficient (Wildman–Crippen LogP) is 3.13. The topological polar surface area (TPSA) is 29.0 Å². The molecule has 1 aromatic heterocycles. The Kier molecular flexibility index (Phi) is 5.32. The van der Waals surface area contributed by atoms with Crippen LogP contribution in [0.1, 0.15) is 20.3 Å². The molecule has 0 N–H and O–H groups in total. The Morgan fingerprint density at radius 2 is 2.00 bits per heavy atom. The largest absolute Gasteiger partial charge is 0.338 e. The van der Waals surface area contributed by atoms with Gasteiger partial charge in [-0.3, -0.25) is 0 Å². The number of alkyl halides is 1. The molecule has 1 rings (SSSR count). The Morgan fingerprint density at radius 3 is 2.47 bits per heavy atom. The predicted molar refractivity (Wildman–Crippen MR) is 67.9 cm³/mol. The average molecular weight is 293 g/mol. The van der Waals surface area contributed by atoms with Crippen molar-refractivity contribution in [2.75, 3.05) is 16.8 Å². The quantitative estimate of drug-likeness (QED) is 0.781. The molecule has 1 heterocycles. The van der Waals surface area contributed by atoms with Crippen LogP contribution in [0, 0.1) is 0 Å². The van der Waals surface area contributed by atoms with Crippen molar-refractivity contribution in [3.8, 4) is 0 Å². The zero-order chi connectivity index (χ0) is 11.3. The third-order valence-electron chi connectivity index (χ3n) is 2.02. The first-order valence-corrected chi connectivity index (χ1v) is 6.45. The fourth-order valence-corrected chi connectivity index (χ4v) is 1.62. The number of hydrogen-bond donors (Lipinski definition) is 0. The lowest BCUT2D eigenvalue weighted by atomic mass is 10.3. The highest BCUT2D eigenvalue weighted by atomic mass is 79.9. The highest BCUT2D eigenvalue weighted by Crippen LogP contribution is 2.13. The van der Waals surface area contributed by atoms with E-state index in [1.54, 1.807) is 12.4 Å². The summed E-state index contributed by atoms with van der Waals surface area (Å²) < 4.78 is 0. The van der Waals surface area contributed by atoms with Gasteiger partial charge in [0.25, 0.3) is 0 Å². The second kappa shape index (κ2) is 6.28. The summed E-state index contributed by atoms with van der Waals surface area (Å²) in [5, 5.41) is 1.56. The van der Waals surface area contributed by atoms with Gasteiger partial charge in [-0.2, -0.15) is 0 Å². The zero-order valence-corrected chi connectivity index (χ0v) is 11.3. The van der Waals surface area contributed by atoms with Crippen LogP contribution in [0.4, 0.5) is 5.95 Å². The Balaban J connectivity index is 2.74. The van der Waals surface area contributed by atoms with Crippen molar-refractivity contribution in [1.82, 2.24) is 9.97 Å². The van der Waals surface area contributed by atoms with Gasteiger partial charge < -0.3 is 4.90 Å². The van der Waals surface area contributed by atoms with Gasteiger partial charge in [0.1, 0.15) is 0 Å². The van der Waals surface area contributed by atoms with E-state index in [1.807, 2.05) is 0 Å². The molecule has 0 aliphatic heterocycles. The molecule has 0 saturated heterocycles. The van der Waals surface area contributed by atoms with Gasteiger partial charge >= 0.3 is 0 Å². The Labute approximate surface area is 104 Å². The minimum Gasteiger partial charge on any atom is -0.338 e. The van der Waals surface area contributed by atoms with Crippen LogP contribution in [-0.4, -0.2) is 27.9 Å². The second-order valence-corrected chi connectivity index (χ2v) is 4.76. The Bertz CT molecular complexity index is 289. The molecule has 0 bridgehead atoms. The third-order valence-corrected chi connectivity index (χ3v) is 2.78. The van der Waals surface area contributed by atoms with Gasteiger partial charge in [-0.15, -0.1) is 0 Å². The Morgan fingerprint density at radius 1 is 1.40 bits per heavy atom. The van der Waals surface area contributed by atoms with Gasteiger partial charge in [0.2, 0.25) is 5.95 Å². The molecule has 3 nitrogen and oxygen atoms in total. The van der Waals surface area contributed by atoms with Gasteiger partial charge in [0.05, 0.1) is 17.4 Å². The lowest BCUT2D eigenvalue weighted by Crippen LogP contribution is -2.33. The van der Waals surface area contributed by atoms with Gasteiger partial charge in [-0.25, -0.2) is 9.97 Å². The SMILES string of the molecule is CC(C)N(CCCBr)c1ncc(Cl)cn1. The fourth-order valence-electron chi connectivity index (χ4n) is 1.27. The van der Waals surface area contributed by atoms with Crippen LogP contribution in [0.5, 0.6) is 0 Å². The zero-order valence-electron chi connectivity index (χ0n) is 8.95. The first kappa shape index (κ1) is 12.7. The standard InChI is InChI=1S/C10H15BrClN3/c1-8(2)15(5-3-4-11)10-13-6-9(12)7-14-10/h6-8H,3-5H2,1-2H3. The van der Waals surface area contributed by atoms with Crippen LogP contribution in [0.25, 0.3) is 0 Å². The van der Waals surface area contributed by atoms with Crippen molar-refractivity contribution in [2.24, 2.45) is 0 Å². The maximum absolute atomic E-state index is 5.75. The molecule has 15 heavy (non-hydrogen) atoms. The smallest absolute Gasteiger partial charge is 0.225 e. The molecule has 0 aliphatic carbocycles. The molecule has 5 heteroatoms. The minimum atomic E-state index is 0.394. The summed E-state index contributed by atoms with van der Waals surface area (Å²) in [5.74, 6) is 0.746. The molecule has 0 fully saturated rings. The van der Waals surface area contributed by atoms with Crippen molar-refractivity contribution in [2.45, 2.75) is 26.3 Å². The first-order valence-electron chi connectivity index (χ1n) is 4.95. The van der Waals surface area contributed by atoms with Crippen molar-refractivity contribution in [3.63, 3.8) is 0 Å². The lowest BCUT2D eigenvalue weighted by molar-refractivity contribution is 0.654. The van der Waals surface area contributed by atoms with E-state index in [9.17, 15) is 0 Å². The van der Waals surface area contributed by atoms with E-state index >= 15 is 0 Å². The summed E-state index contributed by atoms with van der Waals surface area (Å²) in [6, 6.07) is 0.394. The molecule has 0 spiro atoms. The molecule has 0 atom stereocenters. The van der Waals surface area contributed by atoms with Crippen LogP contribution in [0.2, 0.25) is 5.02 Å². The number of hydrogen-bond acceptors (Lipinski definition) is 3. The number of rotatable bonds is 5. The van der Waals surface area contributed by atoms with Gasteiger partial charge in [0, 0.05) is 17.9 Å². The van der Waals surface area contributed by atoms with Crippen molar-refractivity contribution in [3.05, 3.63) is 17.4 Å². The van der Waals surface area contributed by atoms with Crippen LogP contribution >= 0.6 is 27.5 Å². The molecule has 0 saturated carbocycles. The average Bonchev–Trinajstić information content (AvgIpc) is 2.21. The maximum atomic E-state index is 5.75. The van der Waals surface area contributed by atoms with Crippen LogP contribution < -0.4 is 4.90 Å². The van der Waals surface area contributed by atoms with Crippen molar-refractivity contribution >= 4 is 33.5 Å². The van der Waals surface area contributed by atoms with Crippen molar-refractivity contribution < 1.29 is 0 Å². The molecule has 0 amide bonds. The van der Waals surface area contributed by atoms with E-state index < -0.39 is 0 Å². The Hall–Kier alpha value is -0.350. The van der Waals surface area contributed by atoms with Crippen LogP contribution in [-0.2, 0) is 0 Å². The van der Waals surface area contributed by atoms with Crippen molar-refractivity contribution in [1.29, 1.82) is 0 Å². The minimum absolute atomic E-state index is 0.394. The van der Waals surface area contributed by atoms with E-state index in [-0.39, 0.29) is 0 Å². The van der Waals surface area contributed by atoms with Gasteiger partial charge in [-0.05, 0) is 20.3 Å². The molecule has 1 aromatic rings. The van der Waals surface area contributed by atoms with Crippen LogP contribution in [0.15, 0.2) is 12.4 Å². The summed E-state index contributed by atoms with van der Waals surface area (Å²) in [6.45, 7) is 5.21. The van der Waals surface area contributed by atoms with E-state index in [1.165, 1.54) is 0 Å². The maximum Gasteiger partial charge on any atom is 0.225 e. The third kappa shape index (κ3) is 3.95. The fraction of sp³-hybridized carbons (Fsp3) is 0.600. The summed E-state index contributed by atoms with van der Waals surface area (Å²) in [5.41, 5.74) is 0. The van der Waals surface area contributed by atoms with Gasteiger partial charge in [0.15, 0.2) is 0 Å².